The van der Waals surface area contributed by atoms with Gasteiger partial charge in [0.2, 0.25) is 0 Å². The molecule has 0 saturated heterocycles. The summed E-state index contributed by atoms with van der Waals surface area (Å²) in [5.74, 6) is 0.272. The number of hydroxylamine groups is 1. The summed E-state index contributed by atoms with van der Waals surface area (Å²) in [5.41, 5.74) is 2.74. The van der Waals surface area contributed by atoms with E-state index in [-0.39, 0.29) is 10.5 Å². The summed E-state index contributed by atoms with van der Waals surface area (Å²) in [6, 6.07) is 7.54. The summed E-state index contributed by atoms with van der Waals surface area (Å²) in [7, 11) is 0. The smallest absolute Gasteiger partial charge is 0.146 e. The van der Waals surface area contributed by atoms with E-state index in [0.29, 0.717) is 0 Å². The zero-order valence-electron chi connectivity index (χ0n) is 7.52. The number of amidine groups is 1. The van der Waals surface area contributed by atoms with Gasteiger partial charge >= 0.3 is 0 Å². The Hall–Kier alpha value is -0.420. The number of hydrogen-bond donors (Lipinski definition) is 2. The van der Waals surface area contributed by atoms with Crippen molar-refractivity contribution in [2.75, 3.05) is 0 Å². The van der Waals surface area contributed by atoms with Crippen molar-refractivity contribution in [3.05, 3.63) is 24.3 Å². The summed E-state index contributed by atoms with van der Waals surface area (Å²) in [5, 5.41) is 8.35. The summed E-state index contributed by atoms with van der Waals surface area (Å²) >= 11 is 13.5. The minimum atomic E-state index is -0.547. The highest BCUT2D eigenvalue weighted by Crippen LogP contribution is 2.39. The Bertz CT molecular complexity index is 399. The fourth-order valence-corrected chi connectivity index (χ4v) is 2.77. The predicted molar refractivity (Wildman–Crippen MR) is 63.6 cm³/mol. The number of benzene rings is 1. The molecule has 0 radical (unpaired) electrons. The first kappa shape index (κ1) is 11.1. The van der Waals surface area contributed by atoms with Crippen molar-refractivity contribution >= 4 is 46.5 Å². The molecule has 0 spiro atoms. The molecule has 2 rings (SSSR count). The lowest BCUT2D eigenvalue weighted by Crippen LogP contribution is -2.32. The quantitative estimate of drug-likeness (QED) is 0.558. The number of thioether (sulfide) groups is 1. The number of hydrogen-bond acceptors (Lipinski definition) is 4. The zero-order valence-corrected chi connectivity index (χ0v) is 9.85. The molecule has 6 heteroatoms. The van der Waals surface area contributed by atoms with Crippen molar-refractivity contribution in [1.82, 2.24) is 5.48 Å². The first-order valence-electron chi connectivity index (χ1n) is 4.25. The van der Waals surface area contributed by atoms with Gasteiger partial charge in [0.1, 0.15) is 15.9 Å². The van der Waals surface area contributed by atoms with Gasteiger partial charge in [-0.2, -0.15) is 0 Å². The molecule has 1 aromatic carbocycles. The van der Waals surface area contributed by atoms with Crippen molar-refractivity contribution in [3.63, 3.8) is 0 Å². The third-order valence-electron chi connectivity index (χ3n) is 1.95. The molecular weight excluding hydrogens is 255 g/mol. The lowest BCUT2D eigenvalue weighted by atomic mass is 10.3. The van der Waals surface area contributed by atoms with Crippen LogP contribution in [0, 0.1) is 0 Å². The van der Waals surface area contributed by atoms with Crippen LogP contribution in [0.15, 0.2) is 34.2 Å². The van der Waals surface area contributed by atoms with Crippen molar-refractivity contribution in [2.24, 2.45) is 4.99 Å². The average Bonchev–Trinajstić information content (AvgIpc) is 2.37. The fourth-order valence-electron chi connectivity index (χ4n) is 1.23. The lowest BCUT2D eigenvalue weighted by Gasteiger charge is -2.12. The van der Waals surface area contributed by atoms with Gasteiger partial charge in [-0.05, 0) is 12.1 Å². The molecule has 0 amide bonds. The molecule has 0 aliphatic carbocycles. The number of rotatable bonds is 0. The number of nitrogens with zero attached hydrogens (tertiary/aromatic N) is 1. The van der Waals surface area contributed by atoms with Crippen LogP contribution < -0.4 is 5.48 Å². The Labute approximate surface area is 101 Å². The molecule has 0 aromatic heterocycles. The molecule has 2 unspecified atom stereocenters. The van der Waals surface area contributed by atoms with Gasteiger partial charge in [0, 0.05) is 4.90 Å². The van der Waals surface area contributed by atoms with E-state index < -0.39 is 5.38 Å². The van der Waals surface area contributed by atoms with Crippen LogP contribution in [0.4, 0.5) is 5.69 Å². The standard InChI is InChI=1S/C9H8Cl2N2OS/c10-7-8(11)15-6-4-2-1-3-5(6)12-9(7)13-14/h1-4,7-8,14H,(H,12,13). The van der Waals surface area contributed by atoms with Crippen molar-refractivity contribution < 1.29 is 5.21 Å². The van der Waals surface area contributed by atoms with E-state index in [1.54, 1.807) is 0 Å². The normalized spacial score (nSPS) is 25.1. The van der Waals surface area contributed by atoms with Gasteiger partial charge < -0.3 is 0 Å². The zero-order chi connectivity index (χ0) is 10.8. The Balaban J connectivity index is 2.47. The summed E-state index contributed by atoms with van der Waals surface area (Å²) in [6.45, 7) is 0. The maximum absolute atomic E-state index is 8.90. The van der Waals surface area contributed by atoms with Crippen molar-refractivity contribution in [3.8, 4) is 0 Å². The maximum Gasteiger partial charge on any atom is 0.146 e. The lowest BCUT2D eigenvalue weighted by molar-refractivity contribution is 0.232. The summed E-state index contributed by atoms with van der Waals surface area (Å²) in [4.78, 5) is 5.16. The second kappa shape index (κ2) is 4.61. The third kappa shape index (κ3) is 2.23. The number of halogens is 2. The van der Waals surface area contributed by atoms with E-state index in [4.69, 9.17) is 28.4 Å². The van der Waals surface area contributed by atoms with Crippen LogP contribution in [0.2, 0.25) is 0 Å². The fraction of sp³-hybridized carbons (Fsp3) is 0.222. The molecule has 0 fully saturated rings. The van der Waals surface area contributed by atoms with Crippen LogP contribution in [0.3, 0.4) is 0 Å². The molecule has 3 nitrogen and oxygen atoms in total. The molecule has 0 bridgehead atoms. The Morgan fingerprint density at radius 2 is 2.07 bits per heavy atom. The van der Waals surface area contributed by atoms with E-state index in [9.17, 15) is 0 Å². The Kier molecular flexibility index (Phi) is 3.41. The minimum absolute atomic E-state index is 0.272. The number of nitrogens with one attached hydrogen (secondary N) is 1. The number of fused-ring (bicyclic) bond motifs is 1. The molecule has 0 saturated carbocycles. The molecule has 80 valence electrons. The number of alkyl halides is 2. The van der Waals surface area contributed by atoms with Crippen LogP contribution >= 0.6 is 35.0 Å². The first-order chi connectivity index (χ1) is 7.22. The SMILES string of the molecule is ONC1=Nc2ccccc2SC(Cl)C1Cl. The van der Waals surface area contributed by atoms with Gasteiger partial charge in [0.15, 0.2) is 0 Å². The second-order valence-electron chi connectivity index (χ2n) is 2.95. The van der Waals surface area contributed by atoms with Crippen LogP contribution in [0.1, 0.15) is 0 Å². The topological polar surface area (TPSA) is 44.6 Å². The third-order valence-corrected chi connectivity index (χ3v) is 4.30. The molecule has 1 aromatic rings. The van der Waals surface area contributed by atoms with Crippen molar-refractivity contribution in [2.45, 2.75) is 15.0 Å². The minimum Gasteiger partial charge on any atom is -0.290 e. The highest BCUT2D eigenvalue weighted by atomic mass is 35.5. The van der Waals surface area contributed by atoms with Gasteiger partial charge in [-0.1, -0.05) is 12.1 Å². The molecule has 15 heavy (non-hydrogen) atoms. The van der Waals surface area contributed by atoms with Gasteiger partial charge in [0.05, 0.1) is 5.69 Å². The summed E-state index contributed by atoms with van der Waals surface area (Å²) in [6.07, 6.45) is 0. The van der Waals surface area contributed by atoms with E-state index in [2.05, 4.69) is 4.99 Å². The Morgan fingerprint density at radius 1 is 1.33 bits per heavy atom. The van der Waals surface area contributed by atoms with E-state index >= 15 is 0 Å². The van der Waals surface area contributed by atoms with Crippen molar-refractivity contribution in [1.29, 1.82) is 0 Å². The van der Waals surface area contributed by atoms with Crippen LogP contribution in [0.25, 0.3) is 0 Å². The first-order valence-corrected chi connectivity index (χ1v) is 6.00. The Morgan fingerprint density at radius 3 is 2.80 bits per heavy atom. The molecular formula is C9H8Cl2N2OS. The van der Waals surface area contributed by atoms with E-state index in [1.807, 2.05) is 29.7 Å². The maximum atomic E-state index is 8.90. The van der Waals surface area contributed by atoms with E-state index in [0.717, 1.165) is 10.6 Å². The van der Waals surface area contributed by atoms with Crippen LogP contribution in [-0.2, 0) is 0 Å². The predicted octanol–water partition coefficient (Wildman–Crippen LogP) is 2.97. The highest BCUT2D eigenvalue weighted by Gasteiger charge is 2.27. The van der Waals surface area contributed by atoms with Gasteiger partial charge in [-0.25, -0.2) is 4.99 Å². The largest absolute Gasteiger partial charge is 0.290 e. The van der Waals surface area contributed by atoms with Gasteiger partial charge in [-0.15, -0.1) is 35.0 Å². The number of para-hydroxylation sites is 1. The summed E-state index contributed by atoms with van der Waals surface area (Å²) < 4.78 is -0.367. The molecule has 1 heterocycles. The van der Waals surface area contributed by atoms with Crippen LogP contribution in [0.5, 0.6) is 0 Å². The van der Waals surface area contributed by atoms with E-state index in [1.165, 1.54) is 11.8 Å². The van der Waals surface area contributed by atoms with Gasteiger partial charge in [-0.3, -0.25) is 10.7 Å². The van der Waals surface area contributed by atoms with Crippen LogP contribution in [-0.4, -0.2) is 21.1 Å². The number of aliphatic imine (C=N–C) groups is 1. The molecule has 2 atom stereocenters. The monoisotopic (exact) mass is 262 g/mol. The highest BCUT2D eigenvalue weighted by molar-refractivity contribution is 8.01. The average molecular weight is 263 g/mol. The van der Waals surface area contributed by atoms with Gasteiger partial charge in [0.25, 0.3) is 0 Å². The molecule has 2 N–H and O–H groups in total. The molecule has 1 aliphatic heterocycles. The second-order valence-corrected chi connectivity index (χ2v) is 5.33. The molecule has 1 aliphatic rings.